The summed E-state index contributed by atoms with van der Waals surface area (Å²) in [4.78, 5) is 10.9. The first kappa shape index (κ1) is 11.6. The molecule has 17 heavy (non-hydrogen) atoms. The van der Waals surface area contributed by atoms with Crippen LogP contribution in [0.15, 0.2) is 42.5 Å². The molecule has 2 nitrogen and oxygen atoms in total. The van der Waals surface area contributed by atoms with Gasteiger partial charge in [-0.3, -0.25) is 0 Å². The Morgan fingerprint density at radius 1 is 1.12 bits per heavy atom. The molecule has 0 radical (unpaired) electrons. The van der Waals surface area contributed by atoms with Crippen LogP contribution < -0.4 is 5.11 Å². The van der Waals surface area contributed by atoms with E-state index in [-0.39, 0.29) is 5.56 Å². The summed E-state index contributed by atoms with van der Waals surface area (Å²) in [5.74, 6) is -2.34. The fraction of sp³-hybridized carbons (Fsp3) is 0. The van der Waals surface area contributed by atoms with Gasteiger partial charge in [-0.1, -0.05) is 35.9 Å². The van der Waals surface area contributed by atoms with Crippen molar-refractivity contribution in [1.82, 2.24) is 0 Å². The lowest BCUT2D eigenvalue weighted by atomic mass is 9.99. The Labute approximate surface area is 102 Å². The van der Waals surface area contributed by atoms with E-state index in [1.54, 1.807) is 24.3 Å². The molecule has 0 atom stereocenters. The third kappa shape index (κ3) is 2.29. The molecule has 2 rings (SSSR count). The molecule has 0 spiro atoms. The lowest BCUT2D eigenvalue weighted by molar-refractivity contribution is -0.255. The van der Waals surface area contributed by atoms with Crippen LogP contribution in [0.5, 0.6) is 0 Å². The van der Waals surface area contributed by atoms with Crippen LogP contribution in [0.2, 0.25) is 5.02 Å². The molecular formula is C13H7ClFO2-. The normalized spacial score (nSPS) is 10.2. The first-order chi connectivity index (χ1) is 8.09. The third-order valence-corrected chi connectivity index (χ3v) is 2.62. The summed E-state index contributed by atoms with van der Waals surface area (Å²) in [7, 11) is 0. The monoisotopic (exact) mass is 249 g/mol. The van der Waals surface area contributed by atoms with E-state index in [2.05, 4.69) is 0 Å². The van der Waals surface area contributed by atoms with Crippen molar-refractivity contribution in [2.24, 2.45) is 0 Å². The molecule has 0 saturated heterocycles. The molecule has 4 heteroatoms. The summed E-state index contributed by atoms with van der Waals surface area (Å²) in [5.41, 5.74) is 0.421. The van der Waals surface area contributed by atoms with Crippen molar-refractivity contribution < 1.29 is 14.3 Å². The number of rotatable bonds is 2. The van der Waals surface area contributed by atoms with Crippen molar-refractivity contribution in [2.75, 3.05) is 0 Å². The van der Waals surface area contributed by atoms with Crippen LogP contribution in [0.3, 0.4) is 0 Å². The number of carbonyl (C=O) groups is 1. The largest absolute Gasteiger partial charge is 0.545 e. The van der Waals surface area contributed by atoms with Crippen molar-refractivity contribution in [1.29, 1.82) is 0 Å². The smallest absolute Gasteiger partial charge is 0.132 e. The van der Waals surface area contributed by atoms with Gasteiger partial charge < -0.3 is 9.90 Å². The van der Waals surface area contributed by atoms with Gasteiger partial charge in [0.15, 0.2) is 0 Å². The second-order valence-corrected chi connectivity index (χ2v) is 3.89. The van der Waals surface area contributed by atoms with Crippen LogP contribution in [0, 0.1) is 5.82 Å². The van der Waals surface area contributed by atoms with Crippen LogP contribution in [-0.2, 0) is 0 Å². The predicted octanol–water partition coefficient (Wildman–Crippen LogP) is 2.51. The minimum atomic E-state index is -1.53. The molecular weight excluding hydrogens is 243 g/mol. The number of carbonyl (C=O) groups excluding carboxylic acids is 1. The highest BCUT2D eigenvalue weighted by molar-refractivity contribution is 6.30. The molecule has 2 aromatic rings. The zero-order chi connectivity index (χ0) is 12.4. The lowest BCUT2D eigenvalue weighted by Gasteiger charge is -2.11. The highest BCUT2D eigenvalue weighted by atomic mass is 35.5. The number of halogens is 2. The molecule has 0 fully saturated rings. The zero-order valence-corrected chi connectivity index (χ0v) is 9.37. The van der Waals surface area contributed by atoms with Gasteiger partial charge in [-0.25, -0.2) is 4.39 Å². The van der Waals surface area contributed by atoms with Crippen LogP contribution in [0.25, 0.3) is 11.1 Å². The van der Waals surface area contributed by atoms with Crippen molar-refractivity contribution in [3.8, 4) is 11.1 Å². The Morgan fingerprint density at radius 3 is 2.35 bits per heavy atom. The van der Waals surface area contributed by atoms with Crippen LogP contribution in [-0.4, -0.2) is 5.97 Å². The van der Waals surface area contributed by atoms with Gasteiger partial charge in [-0.2, -0.15) is 0 Å². The molecule has 0 heterocycles. The van der Waals surface area contributed by atoms with Gasteiger partial charge in [0.25, 0.3) is 0 Å². The van der Waals surface area contributed by atoms with Gasteiger partial charge in [0.2, 0.25) is 0 Å². The summed E-state index contributed by atoms with van der Waals surface area (Å²) < 4.78 is 13.4. The molecule has 0 N–H and O–H groups in total. The minimum Gasteiger partial charge on any atom is -0.545 e. The number of hydrogen-bond acceptors (Lipinski definition) is 2. The average molecular weight is 250 g/mol. The third-order valence-electron chi connectivity index (χ3n) is 2.37. The molecule has 0 aliphatic heterocycles. The Bertz CT molecular complexity index is 564. The molecule has 0 bridgehead atoms. The molecule has 2 aromatic carbocycles. The van der Waals surface area contributed by atoms with Gasteiger partial charge in [-0.15, -0.1) is 0 Å². The van der Waals surface area contributed by atoms with E-state index in [9.17, 15) is 14.3 Å². The van der Waals surface area contributed by atoms with E-state index < -0.39 is 17.3 Å². The van der Waals surface area contributed by atoms with Gasteiger partial charge in [0, 0.05) is 10.6 Å². The molecule has 0 amide bonds. The molecule has 86 valence electrons. The van der Waals surface area contributed by atoms with Crippen molar-refractivity contribution in [3.05, 3.63) is 58.9 Å². The summed E-state index contributed by atoms with van der Waals surface area (Å²) in [5, 5.41) is 11.4. The molecule has 0 unspecified atom stereocenters. The first-order valence-corrected chi connectivity index (χ1v) is 5.23. The van der Waals surface area contributed by atoms with Crippen LogP contribution >= 0.6 is 11.6 Å². The Balaban J connectivity index is 2.63. The topological polar surface area (TPSA) is 40.1 Å². The summed E-state index contributed by atoms with van der Waals surface area (Å²) in [6.07, 6.45) is 0. The Kier molecular flexibility index (Phi) is 3.11. The molecule has 0 aliphatic carbocycles. The summed E-state index contributed by atoms with van der Waals surface area (Å²) in [6.45, 7) is 0. The molecule has 0 aromatic heterocycles. The van der Waals surface area contributed by atoms with Crippen LogP contribution in [0.1, 0.15) is 10.4 Å². The van der Waals surface area contributed by atoms with Crippen molar-refractivity contribution in [3.63, 3.8) is 0 Å². The van der Waals surface area contributed by atoms with E-state index >= 15 is 0 Å². The van der Waals surface area contributed by atoms with E-state index in [1.165, 1.54) is 12.1 Å². The predicted molar refractivity (Wildman–Crippen MR) is 61.2 cm³/mol. The van der Waals surface area contributed by atoms with Crippen LogP contribution in [0.4, 0.5) is 4.39 Å². The second-order valence-electron chi connectivity index (χ2n) is 3.46. The fourth-order valence-electron chi connectivity index (χ4n) is 1.60. The second kappa shape index (κ2) is 4.55. The lowest BCUT2D eigenvalue weighted by Crippen LogP contribution is -2.24. The van der Waals surface area contributed by atoms with Gasteiger partial charge in [0.1, 0.15) is 5.82 Å². The van der Waals surface area contributed by atoms with E-state index in [0.29, 0.717) is 10.6 Å². The first-order valence-electron chi connectivity index (χ1n) is 4.85. The number of carboxylic acid groups (broad SMARTS) is 1. The molecule has 0 aliphatic rings. The quantitative estimate of drug-likeness (QED) is 0.820. The zero-order valence-electron chi connectivity index (χ0n) is 8.61. The highest BCUT2D eigenvalue weighted by Crippen LogP contribution is 2.26. The average Bonchev–Trinajstić information content (AvgIpc) is 2.29. The van der Waals surface area contributed by atoms with E-state index in [4.69, 9.17) is 11.6 Å². The van der Waals surface area contributed by atoms with Gasteiger partial charge >= 0.3 is 0 Å². The maximum Gasteiger partial charge on any atom is 0.132 e. The number of benzene rings is 2. The minimum absolute atomic E-state index is 0.279. The molecule has 0 saturated carbocycles. The summed E-state index contributed by atoms with van der Waals surface area (Å²) in [6, 6.07) is 10.5. The Hall–Kier alpha value is -1.87. The standard InChI is InChI=1S/C13H8ClFO2/c14-9-6-4-8(5-7-9)10-2-1-3-11(15)12(10)13(16)17/h1-7H,(H,16,17)/p-1. The van der Waals surface area contributed by atoms with Gasteiger partial charge in [-0.05, 0) is 29.3 Å². The SMILES string of the molecule is O=C([O-])c1c(F)cccc1-c1ccc(Cl)cc1. The fourth-order valence-corrected chi connectivity index (χ4v) is 1.73. The Morgan fingerprint density at radius 2 is 1.76 bits per heavy atom. The highest BCUT2D eigenvalue weighted by Gasteiger charge is 2.10. The number of hydrogen-bond donors (Lipinski definition) is 0. The number of carboxylic acids is 1. The summed E-state index contributed by atoms with van der Waals surface area (Å²) >= 11 is 5.73. The van der Waals surface area contributed by atoms with Gasteiger partial charge in [0.05, 0.1) is 5.97 Å². The maximum absolute atomic E-state index is 13.4. The van der Waals surface area contributed by atoms with E-state index in [1.807, 2.05) is 0 Å². The maximum atomic E-state index is 13.4. The van der Waals surface area contributed by atoms with Crippen molar-refractivity contribution in [2.45, 2.75) is 0 Å². The van der Waals surface area contributed by atoms with E-state index in [0.717, 1.165) is 6.07 Å². The van der Waals surface area contributed by atoms with Crippen molar-refractivity contribution >= 4 is 17.6 Å². The number of aromatic carboxylic acids is 1.